The molecule has 0 N–H and O–H groups in total. The van der Waals surface area contributed by atoms with Crippen LogP contribution in [0.5, 0.6) is 0 Å². The molecule has 0 unspecified atom stereocenters. The molecule has 0 saturated heterocycles. The van der Waals surface area contributed by atoms with Gasteiger partial charge in [-0.05, 0) is 6.42 Å². The Morgan fingerprint density at radius 2 is 2.11 bits per heavy atom. The van der Waals surface area contributed by atoms with Crippen molar-refractivity contribution in [3.8, 4) is 0 Å². The fourth-order valence-corrected chi connectivity index (χ4v) is 4.78. The molecule has 0 spiro atoms. The third-order valence-electron chi connectivity index (χ3n) is 2.26. The first-order valence-electron chi connectivity index (χ1n) is 5.28. The zero-order chi connectivity index (χ0) is 13.9. The number of thiophene rings is 1. The van der Waals surface area contributed by atoms with E-state index in [1.807, 2.05) is 6.92 Å². The number of hydrogen-bond donors (Lipinski definition) is 0. The van der Waals surface area contributed by atoms with Crippen LogP contribution in [-0.4, -0.2) is 30.7 Å². The Balaban J connectivity index is 3.20. The maximum absolute atomic E-state index is 12.2. The van der Waals surface area contributed by atoms with Crippen molar-refractivity contribution in [1.29, 1.82) is 0 Å². The average molecular weight is 313 g/mol. The highest BCUT2D eigenvalue weighted by Gasteiger charge is 2.29. The summed E-state index contributed by atoms with van der Waals surface area (Å²) in [4.78, 5) is 9.96. The van der Waals surface area contributed by atoms with Crippen LogP contribution in [0, 0.1) is 10.1 Å². The molecule has 6 nitrogen and oxygen atoms in total. The number of rotatable bonds is 6. The summed E-state index contributed by atoms with van der Waals surface area (Å²) in [5, 5.41) is 10.6. The van der Waals surface area contributed by atoms with Gasteiger partial charge in [0.15, 0.2) is 4.34 Å². The minimum atomic E-state index is -3.69. The molecule has 1 aromatic rings. The third-order valence-corrected chi connectivity index (χ3v) is 6.02. The lowest BCUT2D eigenvalue weighted by molar-refractivity contribution is -0.384. The SMILES string of the molecule is CCCN(CC)S(=O)(=O)c1cc([N+](=O)[O-])c(Cl)s1. The fraction of sp³-hybridized carbons (Fsp3) is 0.556. The fourth-order valence-electron chi connectivity index (χ4n) is 1.41. The Kier molecular flexibility index (Phi) is 5.09. The van der Waals surface area contributed by atoms with Gasteiger partial charge in [0.05, 0.1) is 4.92 Å². The van der Waals surface area contributed by atoms with Crippen molar-refractivity contribution in [2.24, 2.45) is 0 Å². The van der Waals surface area contributed by atoms with Crippen molar-refractivity contribution in [2.45, 2.75) is 24.5 Å². The smallest absolute Gasteiger partial charge is 0.258 e. The Morgan fingerprint density at radius 1 is 1.50 bits per heavy atom. The van der Waals surface area contributed by atoms with Gasteiger partial charge in [0.2, 0.25) is 0 Å². The van der Waals surface area contributed by atoms with Crippen molar-refractivity contribution >= 4 is 38.6 Å². The maximum atomic E-state index is 12.2. The molecular formula is C9H13ClN2O4S2. The monoisotopic (exact) mass is 312 g/mol. The molecular weight excluding hydrogens is 300 g/mol. The summed E-state index contributed by atoms with van der Waals surface area (Å²) in [7, 11) is -3.69. The molecule has 0 radical (unpaired) electrons. The quantitative estimate of drug-likeness (QED) is 0.597. The average Bonchev–Trinajstić information content (AvgIpc) is 2.68. The predicted octanol–water partition coefficient (Wildman–Crippen LogP) is 2.73. The lowest BCUT2D eigenvalue weighted by atomic mass is 10.5. The lowest BCUT2D eigenvalue weighted by Gasteiger charge is -2.18. The molecule has 18 heavy (non-hydrogen) atoms. The van der Waals surface area contributed by atoms with Crippen molar-refractivity contribution in [3.05, 3.63) is 20.5 Å². The first-order valence-corrected chi connectivity index (χ1v) is 7.91. The van der Waals surface area contributed by atoms with Crippen LogP contribution >= 0.6 is 22.9 Å². The van der Waals surface area contributed by atoms with E-state index in [-0.39, 0.29) is 14.2 Å². The zero-order valence-corrected chi connectivity index (χ0v) is 12.3. The highest BCUT2D eigenvalue weighted by molar-refractivity contribution is 7.91. The van der Waals surface area contributed by atoms with Crippen LogP contribution in [0.2, 0.25) is 4.34 Å². The Hall–Kier alpha value is -0.700. The van der Waals surface area contributed by atoms with E-state index in [9.17, 15) is 18.5 Å². The van der Waals surface area contributed by atoms with E-state index in [0.29, 0.717) is 30.8 Å². The minimum absolute atomic E-state index is 0.0884. The number of nitro groups is 1. The molecule has 0 bridgehead atoms. The Bertz CT molecular complexity index is 541. The second kappa shape index (κ2) is 5.96. The molecule has 102 valence electrons. The zero-order valence-electron chi connectivity index (χ0n) is 9.92. The normalized spacial score (nSPS) is 12.0. The largest absolute Gasteiger partial charge is 0.300 e. The van der Waals surface area contributed by atoms with Crippen LogP contribution in [-0.2, 0) is 10.0 Å². The first kappa shape index (κ1) is 15.4. The molecule has 0 aliphatic carbocycles. The number of halogens is 1. The van der Waals surface area contributed by atoms with Crippen LogP contribution < -0.4 is 0 Å². The van der Waals surface area contributed by atoms with Gasteiger partial charge in [0, 0.05) is 19.2 Å². The minimum Gasteiger partial charge on any atom is -0.258 e. The van der Waals surface area contributed by atoms with Crippen molar-refractivity contribution in [3.63, 3.8) is 0 Å². The van der Waals surface area contributed by atoms with Gasteiger partial charge < -0.3 is 0 Å². The molecule has 0 aliphatic heterocycles. The summed E-state index contributed by atoms with van der Waals surface area (Å²) < 4.78 is 25.5. The number of sulfonamides is 1. The highest BCUT2D eigenvalue weighted by atomic mass is 35.5. The first-order chi connectivity index (χ1) is 8.34. The lowest BCUT2D eigenvalue weighted by Crippen LogP contribution is -2.31. The van der Waals surface area contributed by atoms with E-state index < -0.39 is 14.9 Å². The highest BCUT2D eigenvalue weighted by Crippen LogP contribution is 2.37. The van der Waals surface area contributed by atoms with E-state index in [1.165, 1.54) is 4.31 Å². The maximum Gasteiger partial charge on any atom is 0.300 e. The van der Waals surface area contributed by atoms with Gasteiger partial charge in [0.1, 0.15) is 4.21 Å². The number of hydrogen-bond acceptors (Lipinski definition) is 5. The topological polar surface area (TPSA) is 80.5 Å². The van der Waals surface area contributed by atoms with Crippen LogP contribution in [0.1, 0.15) is 20.3 Å². The van der Waals surface area contributed by atoms with Gasteiger partial charge in [0.25, 0.3) is 15.7 Å². The van der Waals surface area contributed by atoms with Gasteiger partial charge in [-0.15, -0.1) is 11.3 Å². The van der Waals surface area contributed by atoms with Gasteiger partial charge in [-0.1, -0.05) is 25.4 Å². The van der Waals surface area contributed by atoms with Gasteiger partial charge >= 0.3 is 0 Å². The summed E-state index contributed by atoms with van der Waals surface area (Å²) in [6, 6.07) is 1.01. The second-order valence-electron chi connectivity index (χ2n) is 3.48. The molecule has 0 fully saturated rings. The van der Waals surface area contributed by atoms with E-state index in [1.54, 1.807) is 6.92 Å². The van der Waals surface area contributed by atoms with Gasteiger partial charge in [-0.25, -0.2) is 8.42 Å². The van der Waals surface area contributed by atoms with Crippen LogP contribution in [0.3, 0.4) is 0 Å². The molecule has 0 aromatic carbocycles. The summed E-state index contributed by atoms with van der Waals surface area (Å²) >= 11 is 6.38. The summed E-state index contributed by atoms with van der Waals surface area (Å²) in [6.07, 6.45) is 0.675. The predicted molar refractivity (Wildman–Crippen MR) is 70.7 cm³/mol. The van der Waals surface area contributed by atoms with Crippen molar-refractivity contribution in [2.75, 3.05) is 13.1 Å². The molecule has 1 rings (SSSR count). The molecule has 9 heteroatoms. The van der Waals surface area contributed by atoms with E-state index >= 15 is 0 Å². The number of nitrogens with zero attached hydrogens (tertiary/aromatic N) is 2. The van der Waals surface area contributed by atoms with Crippen LogP contribution in [0.25, 0.3) is 0 Å². The molecule has 1 aromatic heterocycles. The summed E-state index contributed by atoms with van der Waals surface area (Å²) in [5.74, 6) is 0. The van der Waals surface area contributed by atoms with Crippen LogP contribution in [0.4, 0.5) is 5.69 Å². The summed E-state index contributed by atoms with van der Waals surface area (Å²) in [6.45, 7) is 4.28. The van der Waals surface area contributed by atoms with Crippen molar-refractivity contribution in [1.82, 2.24) is 4.31 Å². The van der Waals surface area contributed by atoms with E-state index in [2.05, 4.69) is 0 Å². The third kappa shape index (κ3) is 3.00. The van der Waals surface area contributed by atoms with Gasteiger partial charge in [-0.3, -0.25) is 10.1 Å². The Morgan fingerprint density at radius 3 is 2.50 bits per heavy atom. The molecule has 0 atom stereocenters. The summed E-state index contributed by atoms with van der Waals surface area (Å²) in [5.41, 5.74) is -0.368. The standard InChI is InChI=1S/C9H13ClN2O4S2/c1-3-5-11(4-2)18(15,16)8-6-7(12(13)14)9(10)17-8/h6H,3-5H2,1-2H3. The second-order valence-corrected chi connectivity index (χ2v) is 7.30. The van der Waals surface area contributed by atoms with Crippen LogP contribution in [0.15, 0.2) is 10.3 Å². The Labute approximate surface area is 114 Å². The van der Waals surface area contributed by atoms with E-state index in [0.717, 1.165) is 6.07 Å². The molecule has 0 aliphatic rings. The van der Waals surface area contributed by atoms with Crippen molar-refractivity contribution < 1.29 is 13.3 Å². The van der Waals surface area contributed by atoms with E-state index in [4.69, 9.17) is 11.6 Å². The van der Waals surface area contributed by atoms with Gasteiger partial charge in [-0.2, -0.15) is 4.31 Å². The molecule has 0 amide bonds. The molecule has 0 saturated carbocycles. The molecule has 1 heterocycles.